The van der Waals surface area contributed by atoms with Crippen LogP contribution >= 0.6 is 0 Å². The van der Waals surface area contributed by atoms with Crippen LogP contribution in [0.15, 0.2) is 36.4 Å². The van der Waals surface area contributed by atoms with Crippen LogP contribution in [0.2, 0.25) is 0 Å². The molecule has 0 radical (unpaired) electrons. The maximum atomic E-state index is 13.2. The van der Waals surface area contributed by atoms with E-state index in [0.29, 0.717) is 12.4 Å². The van der Waals surface area contributed by atoms with E-state index in [-0.39, 0.29) is 11.9 Å². The zero-order chi connectivity index (χ0) is 15.4. The highest BCUT2D eigenvalue weighted by molar-refractivity contribution is 5.40. The van der Waals surface area contributed by atoms with Crippen molar-refractivity contribution in [3.8, 4) is 5.75 Å². The quantitative estimate of drug-likeness (QED) is 0.894. The van der Waals surface area contributed by atoms with Crippen LogP contribution < -0.4 is 10.1 Å². The molecular weight excluding hydrogens is 265 g/mol. The molecule has 0 amide bonds. The van der Waals surface area contributed by atoms with Crippen molar-refractivity contribution in [1.29, 1.82) is 0 Å². The van der Waals surface area contributed by atoms with Crippen LogP contribution in [0.1, 0.15) is 28.3 Å². The molecule has 21 heavy (non-hydrogen) atoms. The highest BCUT2D eigenvalue weighted by atomic mass is 19.1. The van der Waals surface area contributed by atoms with Crippen LogP contribution in [-0.4, -0.2) is 13.7 Å². The first kappa shape index (κ1) is 15.5. The third kappa shape index (κ3) is 3.82. The van der Waals surface area contributed by atoms with Crippen LogP contribution in [0.25, 0.3) is 0 Å². The van der Waals surface area contributed by atoms with Crippen LogP contribution in [0.3, 0.4) is 0 Å². The van der Waals surface area contributed by atoms with Crippen LogP contribution in [0.4, 0.5) is 4.39 Å². The van der Waals surface area contributed by atoms with Gasteiger partial charge < -0.3 is 10.1 Å². The van der Waals surface area contributed by atoms with Crippen LogP contribution in [-0.2, 0) is 0 Å². The van der Waals surface area contributed by atoms with E-state index in [2.05, 4.69) is 38.2 Å². The summed E-state index contributed by atoms with van der Waals surface area (Å²) in [5.41, 5.74) is 5.00. The van der Waals surface area contributed by atoms with Gasteiger partial charge in [0.15, 0.2) is 0 Å². The molecule has 2 aromatic rings. The molecule has 0 aliphatic heterocycles. The van der Waals surface area contributed by atoms with Gasteiger partial charge in [-0.15, -0.1) is 0 Å². The minimum Gasteiger partial charge on any atom is -0.492 e. The fourth-order valence-corrected chi connectivity index (χ4v) is 2.79. The Morgan fingerprint density at radius 3 is 2.33 bits per heavy atom. The number of benzene rings is 2. The topological polar surface area (TPSA) is 21.3 Å². The van der Waals surface area contributed by atoms with Gasteiger partial charge in [-0.3, -0.25) is 0 Å². The fraction of sp³-hybridized carbons (Fsp3) is 0.333. The Labute approximate surface area is 126 Å². The molecule has 1 atom stereocenters. The lowest BCUT2D eigenvalue weighted by Gasteiger charge is -2.22. The molecular formula is C18H22FNO. The molecule has 2 nitrogen and oxygen atoms in total. The Balaban J connectivity index is 2.17. The van der Waals surface area contributed by atoms with E-state index in [0.717, 1.165) is 0 Å². The van der Waals surface area contributed by atoms with Gasteiger partial charge >= 0.3 is 0 Å². The van der Waals surface area contributed by atoms with Crippen molar-refractivity contribution in [2.45, 2.75) is 26.8 Å². The van der Waals surface area contributed by atoms with Crippen molar-refractivity contribution in [3.63, 3.8) is 0 Å². The minimum absolute atomic E-state index is 0.0777. The lowest BCUT2D eigenvalue weighted by Crippen LogP contribution is -2.25. The van der Waals surface area contributed by atoms with E-state index in [4.69, 9.17) is 4.74 Å². The Bertz CT molecular complexity index is 601. The summed E-state index contributed by atoms with van der Waals surface area (Å²) in [5, 5.41) is 3.29. The molecule has 0 saturated carbocycles. The molecule has 112 valence electrons. The molecule has 1 N–H and O–H groups in total. The summed E-state index contributed by atoms with van der Waals surface area (Å²) in [6, 6.07) is 10.7. The molecule has 0 aliphatic carbocycles. The third-order valence-corrected chi connectivity index (χ3v) is 3.65. The van der Waals surface area contributed by atoms with Crippen molar-refractivity contribution in [1.82, 2.24) is 5.32 Å². The summed E-state index contributed by atoms with van der Waals surface area (Å²) in [5.74, 6) is 0.272. The van der Waals surface area contributed by atoms with E-state index >= 15 is 0 Å². The van der Waals surface area contributed by atoms with E-state index in [1.807, 2.05) is 7.05 Å². The molecule has 0 fully saturated rings. The van der Waals surface area contributed by atoms with Crippen molar-refractivity contribution < 1.29 is 9.13 Å². The van der Waals surface area contributed by atoms with E-state index < -0.39 is 0 Å². The van der Waals surface area contributed by atoms with Gasteiger partial charge in [0.25, 0.3) is 0 Å². The highest BCUT2D eigenvalue weighted by Crippen LogP contribution is 2.24. The maximum Gasteiger partial charge on any atom is 0.126 e. The summed E-state index contributed by atoms with van der Waals surface area (Å²) in [4.78, 5) is 0. The molecule has 3 heteroatoms. The lowest BCUT2D eigenvalue weighted by molar-refractivity contribution is 0.271. The number of aryl methyl sites for hydroxylation is 3. The van der Waals surface area contributed by atoms with Gasteiger partial charge in [0.1, 0.15) is 18.2 Å². The molecule has 2 aromatic carbocycles. The largest absolute Gasteiger partial charge is 0.492 e. The van der Waals surface area contributed by atoms with E-state index in [1.54, 1.807) is 12.1 Å². The number of likely N-dealkylation sites (N-methyl/N-ethyl adjacent to an activating group) is 1. The average Bonchev–Trinajstić information content (AvgIpc) is 2.41. The molecule has 2 rings (SSSR count). The molecule has 0 spiro atoms. The lowest BCUT2D eigenvalue weighted by atomic mass is 9.94. The summed E-state index contributed by atoms with van der Waals surface area (Å²) in [6.07, 6.45) is 0. The minimum atomic E-state index is -0.281. The van der Waals surface area contributed by atoms with Crippen LogP contribution in [0, 0.1) is 26.6 Å². The van der Waals surface area contributed by atoms with E-state index in [9.17, 15) is 4.39 Å². The fourth-order valence-electron chi connectivity index (χ4n) is 2.79. The van der Waals surface area contributed by atoms with Gasteiger partial charge in [-0.2, -0.15) is 0 Å². The number of nitrogens with one attached hydrogen (secondary N) is 1. The predicted octanol–water partition coefficient (Wildman–Crippen LogP) is 4.09. The summed E-state index contributed by atoms with van der Waals surface area (Å²) < 4.78 is 18.9. The predicted molar refractivity (Wildman–Crippen MR) is 84.3 cm³/mol. The second-order valence-corrected chi connectivity index (χ2v) is 5.42. The summed E-state index contributed by atoms with van der Waals surface area (Å²) >= 11 is 0. The van der Waals surface area contributed by atoms with Crippen LogP contribution in [0.5, 0.6) is 5.75 Å². The zero-order valence-corrected chi connectivity index (χ0v) is 13.0. The maximum absolute atomic E-state index is 13.2. The molecule has 0 saturated heterocycles. The smallest absolute Gasteiger partial charge is 0.126 e. The van der Waals surface area contributed by atoms with Gasteiger partial charge in [-0.05, 0) is 56.6 Å². The second kappa shape index (κ2) is 6.72. The van der Waals surface area contributed by atoms with Gasteiger partial charge in [-0.25, -0.2) is 4.39 Å². The highest BCUT2D eigenvalue weighted by Gasteiger charge is 2.15. The first-order valence-electron chi connectivity index (χ1n) is 7.14. The number of hydrogen-bond acceptors (Lipinski definition) is 2. The Kier molecular flexibility index (Phi) is 4.97. The number of hydrogen-bond donors (Lipinski definition) is 1. The standard InChI is InChI=1S/C18H22FNO/c1-12-8-13(2)18(14(3)9-12)17(20-4)11-21-16-7-5-6-15(19)10-16/h5-10,17,20H,11H2,1-4H3. The summed E-state index contributed by atoms with van der Waals surface area (Å²) in [6.45, 7) is 6.79. The van der Waals surface area contributed by atoms with Crippen molar-refractivity contribution in [2.75, 3.05) is 13.7 Å². The van der Waals surface area contributed by atoms with Gasteiger partial charge in [0, 0.05) is 6.07 Å². The van der Waals surface area contributed by atoms with Gasteiger partial charge in [-0.1, -0.05) is 23.8 Å². The Morgan fingerprint density at radius 1 is 1.10 bits per heavy atom. The molecule has 0 heterocycles. The first-order chi connectivity index (χ1) is 10.0. The van der Waals surface area contributed by atoms with Gasteiger partial charge in [0.2, 0.25) is 0 Å². The van der Waals surface area contributed by atoms with Gasteiger partial charge in [0.05, 0.1) is 6.04 Å². The third-order valence-electron chi connectivity index (χ3n) is 3.65. The average molecular weight is 287 g/mol. The number of halogens is 1. The number of rotatable bonds is 5. The normalized spacial score (nSPS) is 12.2. The number of ether oxygens (including phenoxy) is 1. The van der Waals surface area contributed by atoms with Crippen molar-refractivity contribution >= 4 is 0 Å². The molecule has 0 bridgehead atoms. The first-order valence-corrected chi connectivity index (χ1v) is 7.14. The van der Waals surface area contributed by atoms with E-state index in [1.165, 1.54) is 34.4 Å². The monoisotopic (exact) mass is 287 g/mol. The molecule has 0 aromatic heterocycles. The van der Waals surface area contributed by atoms with Crippen molar-refractivity contribution in [2.24, 2.45) is 0 Å². The Hall–Kier alpha value is -1.87. The van der Waals surface area contributed by atoms with Crippen molar-refractivity contribution in [3.05, 3.63) is 64.5 Å². The molecule has 0 aliphatic rings. The second-order valence-electron chi connectivity index (χ2n) is 5.42. The summed E-state index contributed by atoms with van der Waals surface area (Å²) in [7, 11) is 1.92. The zero-order valence-electron chi connectivity index (χ0n) is 13.0. The molecule has 1 unspecified atom stereocenters. The SMILES string of the molecule is CNC(COc1cccc(F)c1)c1c(C)cc(C)cc1C. The Morgan fingerprint density at radius 2 is 1.76 bits per heavy atom.